The lowest BCUT2D eigenvalue weighted by Gasteiger charge is -2.15. The van der Waals surface area contributed by atoms with Gasteiger partial charge in [0.05, 0.1) is 11.4 Å². The number of aromatic nitrogens is 2. The lowest BCUT2D eigenvalue weighted by Crippen LogP contribution is -2.19. The van der Waals surface area contributed by atoms with E-state index in [4.69, 9.17) is 16.7 Å². The van der Waals surface area contributed by atoms with Gasteiger partial charge in [0.15, 0.2) is 0 Å². The van der Waals surface area contributed by atoms with Crippen LogP contribution in [0.25, 0.3) is 11.1 Å². The number of nitrogens with zero attached hydrogens (tertiary/aromatic N) is 2. The van der Waals surface area contributed by atoms with E-state index in [1.54, 1.807) is 10.8 Å². The fourth-order valence-electron chi connectivity index (χ4n) is 3.70. The third kappa shape index (κ3) is 3.60. The second kappa shape index (κ2) is 7.53. The van der Waals surface area contributed by atoms with E-state index in [-0.39, 0.29) is 5.91 Å². The topological polar surface area (TPSA) is 34.9 Å². The van der Waals surface area contributed by atoms with Crippen LogP contribution in [0, 0.1) is 0 Å². The molecule has 0 bridgehead atoms. The van der Waals surface area contributed by atoms with Gasteiger partial charge in [-0.3, -0.25) is 4.79 Å². The van der Waals surface area contributed by atoms with Crippen molar-refractivity contribution in [2.24, 2.45) is 0 Å². The molecule has 0 radical (unpaired) electrons. The summed E-state index contributed by atoms with van der Waals surface area (Å²) >= 11 is 6.09. The number of carbonyl (C=O) groups excluding carboxylic acids is 1. The Balaban J connectivity index is 1.83. The molecule has 0 unspecified atom stereocenters. The highest BCUT2D eigenvalue weighted by Crippen LogP contribution is 2.34. The number of allylic oxidation sites excluding steroid dienone is 2. The number of hydrogen-bond acceptors (Lipinski definition) is 2. The smallest absolute Gasteiger partial charge is 0.267 e. The van der Waals surface area contributed by atoms with E-state index >= 15 is 0 Å². The molecule has 0 saturated heterocycles. The fourth-order valence-corrected chi connectivity index (χ4v) is 3.82. The Hall–Kier alpha value is -2.65. The summed E-state index contributed by atoms with van der Waals surface area (Å²) in [6, 6.07) is 18.0. The van der Waals surface area contributed by atoms with Crippen LogP contribution >= 0.6 is 11.6 Å². The molecular weight excluding hydrogens is 356 g/mol. The highest BCUT2D eigenvalue weighted by atomic mass is 35.5. The normalized spacial score (nSPS) is 13.4. The Morgan fingerprint density at radius 2 is 1.81 bits per heavy atom. The molecule has 0 atom stereocenters. The van der Waals surface area contributed by atoms with E-state index in [9.17, 15) is 4.79 Å². The van der Waals surface area contributed by atoms with Crippen LogP contribution < -0.4 is 0 Å². The van der Waals surface area contributed by atoms with E-state index in [1.165, 1.54) is 11.1 Å². The Kier molecular flexibility index (Phi) is 4.95. The minimum atomic E-state index is -0.0470. The fraction of sp³-hybridized carbons (Fsp3) is 0.217. The summed E-state index contributed by atoms with van der Waals surface area (Å²) < 4.78 is 1.58. The maximum absolute atomic E-state index is 12.7. The molecule has 2 aromatic carbocycles. The molecule has 4 rings (SSSR count). The zero-order valence-corrected chi connectivity index (χ0v) is 16.0. The summed E-state index contributed by atoms with van der Waals surface area (Å²) in [4.78, 5) is 12.7. The molecular formula is C23H21ClN2O. The van der Waals surface area contributed by atoms with E-state index in [0.717, 1.165) is 41.8 Å². The molecule has 1 aliphatic heterocycles. The van der Waals surface area contributed by atoms with Gasteiger partial charge in [0.1, 0.15) is 0 Å². The van der Waals surface area contributed by atoms with Gasteiger partial charge in [-0.15, -0.1) is 0 Å². The predicted octanol–water partition coefficient (Wildman–Crippen LogP) is 5.72. The molecule has 3 nitrogen and oxygen atoms in total. The van der Waals surface area contributed by atoms with E-state index in [1.807, 2.05) is 42.5 Å². The summed E-state index contributed by atoms with van der Waals surface area (Å²) in [5.41, 5.74) is 6.38. The maximum Gasteiger partial charge on any atom is 0.271 e. The second-order valence-corrected chi connectivity index (χ2v) is 7.35. The van der Waals surface area contributed by atoms with Crippen molar-refractivity contribution < 1.29 is 4.79 Å². The number of fused-ring (bicyclic) bond motifs is 1. The van der Waals surface area contributed by atoms with Gasteiger partial charge in [0.2, 0.25) is 0 Å². The van der Waals surface area contributed by atoms with Crippen molar-refractivity contribution in [3.63, 3.8) is 0 Å². The monoisotopic (exact) mass is 376 g/mol. The highest BCUT2D eigenvalue weighted by Gasteiger charge is 2.26. The minimum absolute atomic E-state index is 0.0470. The Morgan fingerprint density at radius 1 is 1.07 bits per heavy atom. The molecule has 0 amide bonds. The molecule has 3 aromatic rings. The van der Waals surface area contributed by atoms with Gasteiger partial charge >= 0.3 is 0 Å². The lowest BCUT2D eigenvalue weighted by atomic mass is 9.93. The Bertz CT molecular complexity index is 1000. The van der Waals surface area contributed by atoms with Gasteiger partial charge in [0.25, 0.3) is 5.91 Å². The average Bonchev–Trinajstić information content (AvgIpc) is 3.02. The maximum atomic E-state index is 12.7. The van der Waals surface area contributed by atoms with Crippen LogP contribution in [0.15, 0.2) is 66.2 Å². The van der Waals surface area contributed by atoms with E-state index in [2.05, 4.69) is 19.1 Å². The molecule has 1 aliphatic rings. The van der Waals surface area contributed by atoms with Crippen molar-refractivity contribution in [3.05, 3.63) is 88.2 Å². The van der Waals surface area contributed by atoms with E-state index < -0.39 is 0 Å². The molecule has 0 aliphatic carbocycles. The van der Waals surface area contributed by atoms with E-state index in [0.29, 0.717) is 11.4 Å². The van der Waals surface area contributed by atoms with Crippen LogP contribution in [-0.4, -0.2) is 15.7 Å². The van der Waals surface area contributed by atoms with Crippen molar-refractivity contribution in [2.45, 2.75) is 32.6 Å². The first kappa shape index (κ1) is 17.7. The molecule has 0 spiro atoms. The average molecular weight is 377 g/mol. The molecule has 0 saturated carbocycles. The molecule has 2 heterocycles. The van der Waals surface area contributed by atoms with Crippen molar-refractivity contribution in [2.75, 3.05) is 0 Å². The number of carbonyl (C=O) groups is 1. The van der Waals surface area contributed by atoms with Gasteiger partial charge in [0, 0.05) is 29.5 Å². The third-order valence-corrected chi connectivity index (χ3v) is 5.15. The van der Waals surface area contributed by atoms with Crippen molar-refractivity contribution in [1.82, 2.24) is 9.78 Å². The van der Waals surface area contributed by atoms with Gasteiger partial charge in [-0.05, 0) is 29.7 Å². The first-order chi connectivity index (χ1) is 13.2. The zero-order chi connectivity index (χ0) is 18.8. The third-order valence-electron chi connectivity index (χ3n) is 4.90. The standard InChI is InChI=1S/C23H21ClN2O/c1-2-6-17-14-21-23(18-9-11-19(24)12-10-18)20(25-26(21)22(27)15-17)13-16-7-4-3-5-8-16/h3-5,7-12,15H,2,6,13-14H2,1H3. The second-order valence-electron chi connectivity index (χ2n) is 6.92. The molecule has 136 valence electrons. The van der Waals surface area contributed by atoms with Crippen LogP contribution in [0.5, 0.6) is 0 Å². The van der Waals surface area contributed by atoms with Crippen molar-refractivity contribution in [1.29, 1.82) is 0 Å². The largest absolute Gasteiger partial charge is 0.271 e. The van der Waals surface area contributed by atoms with Crippen LogP contribution in [0.1, 0.15) is 41.5 Å². The SMILES string of the molecule is CCCC1=CC(=O)n2nc(Cc3ccccc3)c(-c3ccc(Cl)cc3)c2C1. The van der Waals surface area contributed by atoms with Gasteiger partial charge in [-0.2, -0.15) is 5.10 Å². The van der Waals surface area contributed by atoms with Crippen molar-refractivity contribution in [3.8, 4) is 11.1 Å². The Labute approximate surface area is 164 Å². The molecule has 1 aromatic heterocycles. The van der Waals surface area contributed by atoms with Crippen LogP contribution in [0.2, 0.25) is 5.02 Å². The Morgan fingerprint density at radius 3 is 2.52 bits per heavy atom. The molecule has 0 fully saturated rings. The summed E-state index contributed by atoms with van der Waals surface area (Å²) in [5, 5.41) is 5.41. The number of benzene rings is 2. The minimum Gasteiger partial charge on any atom is -0.267 e. The van der Waals surface area contributed by atoms with Crippen LogP contribution in [-0.2, 0) is 12.8 Å². The summed E-state index contributed by atoms with van der Waals surface area (Å²) in [5.74, 6) is -0.0470. The number of hydrogen-bond donors (Lipinski definition) is 0. The number of rotatable bonds is 5. The zero-order valence-electron chi connectivity index (χ0n) is 15.3. The van der Waals surface area contributed by atoms with Gasteiger partial charge in [-0.1, -0.05) is 73.0 Å². The van der Waals surface area contributed by atoms with Crippen LogP contribution in [0.3, 0.4) is 0 Å². The lowest BCUT2D eigenvalue weighted by molar-refractivity contribution is 0.0945. The van der Waals surface area contributed by atoms with Crippen molar-refractivity contribution >= 4 is 17.5 Å². The van der Waals surface area contributed by atoms with Gasteiger partial charge in [-0.25, -0.2) is 4.68 Å². The first-order valence-electron chi connectivity index (χ1n) is 9.30. The number of halogens is 1. The quantitative estimate of drug-likeness (QED) is 0.571. The van der Waals surface area contributed by atoms with Gasteiger partial charge < -0.3 is 0 Å². The molecule has 0 N–H and O–H groups in total. The predicted molar refractivity (Wildman–Crippen MR) is 109 cm³/mol. The van der Waals surface area contributed by atoms with Crippen LogP contribution in [0.4, 0.5) is 0 Å². The molecule has 27 heavy (non-hydrogen) atoms. The summed E-state index contributed by atoms with van der Waals surface area (Å²) in [7, 11) is 0. The summed E-state index contributed by atoms with van der Waals surface area (Å²) in [6.45, 7) is 2.14. The summed E-state index contributed by atoms with van der Waals surface area (Å²) in [6.07, 6.45) is 5.17. The highest BCUT2D eigenvalue weighted by molar-refractivity contribution is 6.30. The first-order valence-corrected chi connectivity index (χ1v) is 9.68. The molecule has 4 heteroatoms.